The predicted octanol–water partition coefficient (Wildman–Crippen LogP) is 12.5. The summed E-state index contributed by atoms with van der Waals surface area (Å²) in [5.41, 5.74) is 7.56. The Morgan fingerprint density at radius 2 is 0.591 bits per heavy atom. The SMILES string of the molecule is c1ccc(-c2ccccc2-c2cc3c4ccccc4c(-c4cc5ccccc5c5ccccc45)cc3c3ccccc23)cc1. The number of benzene rings is 9. The molecule has 0 bridgehead atoms. The van der Waals surface area contributed by atoms with Gasteiger partial charge in [0.1, 0.15) is 0 Å². The molecule has 0 aliphatic rings. The first-order chi connectivity index (χ1) is 21.8. The summed E-state index contributed by atoms with van der Waals surface area (Å²) in [7, 11) is 0. The van der Waals surface area contributed by atoms with Crippen molar-refractivity contribution in [3.05, 3.63) is 170 Å². The first kappa shape index (κ1) is 24.8. The Morgan fingerprint density at radius 1 is 0.205 bits per heavy atom. The van der Waals surface area contributed by atoms with Gasteiger partial charge in [0.2, 0.25) is 0 Å². The molecule has 0 heteroatoms. The minimum Gasteiger partial charge on any atom is -0.0622 e. The maximum atomic E-state index is 2.45. The molecule has 0 saturated heterocycles. The van der Waals surface area contributed by atoms with Crippen LogP contribution in [-0.2, 0) is 0 Å². The highest BCUT2D eigenvalue weighted by Gasteiger charge is 2.18. The van der Waals surface area contributed by atoms with Gasteiger partial charge in [0.25, 0.3) is 0 Å². The van der Waals surface area contributed by atoms with Crippen molar-refractivity contribution in [3.63, 3.8) is 0 Å². The molecule has 0 heterocycles. The Hall–Kier alpha value is -5.72. The second-order valence-electron chi connectivity index (χ2n) is 11.6. The molecule has 0 fully saturated rings. The van der Waals surface area contributed by atoms with Crippen LogP contribution < -0.4 is 0 Å². The maximum Gasteiger partial charge on any atom is -0.00923 e. The Morgan fingerprint density at radius 3 is 1.18 bits per heavy atom. The average Bonchev–Trinajstić information content (AvgIpc) is 3.11. The van der Waals surface area contributed by atoms with E-state index >= 15 is 0 Å². The molecule has 0 saturated carbocycles. The third-order valence-corrected chi connectivity index (χ3v) is 9.24. The third kappa shape index (κ3) is 3.78. The van der Waals surface area contributed by atoms with Gasteiger partial charge in [-0.15, -0.1) is 0 Å². The second-order valence-corrected chi connectivity index (χ2v) is 11.6. The van der Waals surface area contributed by atoms with Crippen molar-refractivity contribution in [2.75, 3.05) is 0 Å². The fourth-order valence-electron chi connectivity index (χ4n) is 7.26. The second kappa shape index (κ2) is 9.93. The highest BCUT2D eigenvalue weighted by Crippen LogP contribution is 2.45. The summed E-state index contributed by atoms with van der Waals surface area (Å²) in [6, 6.07) is 62.3. The molecule has 0 spiro atoms. The van der Waals surface area contributed by atoms with Gasteiger partial charge in [0, 0.05) is 0 Å². The Balaban J connectivity index is 1.41. The summed E-state index contributed by atoms with van der Waals surface area (Å²) in [4.78, 5) is 0. The first-order valence-corrected chi connectivity index (χ1v) is 15.3. The molecule has 0 radical (unpaired) electrons. The summed E-state index contributed by atoms with van der Waals surface area (Å²) >= 11 is 0. The van der Waals surface area contributed by atoms with Crippen molar-refractivity contribution in [1.29, 1.82) is 0 Å². The van der Waals surface area contributed by atoms with E-state index in [1.54, 1.807) is 0 Å². The van der Waals surface area contributed by atoms with E-state index < -0.39 is 0 Å². The van der Waals surface area contributed by atoms with Gasteiger partial charge in [-0.25, -0.2) is 0 Å². The van der Waals surface area contributed by atoms with Crippen molar-refractivity contribution in [3.8, 4) is 33.4 Å². The molecule has 9 aromatic carbocycles. The van der Waals surface area contributed by atoms with Crippen LogP contribution in [0.2, 0.25) is 0 Å². The number of hydrogen-bond donors (Lipinski definition) is 0. The van der Waals surface area contributed by atoms with Crippen molar-refractivity contribution in [2.24, 2.45) is 0 Å². The molecule has 0 aliphatic carbocycles. The standard InChI is InChI=1S/C44H28/c1-2-14-29(15-3-1)31-17-6-7-20-34(31)41-27-43-39-25-13-12-24-38(39)42(28-44(43)37-23-11-10-22-36(37)41)40-26-30-16-4-5-18-32(30)33-19-8-9-21-35(33)40/h1-28H. The van der Waals surface area contributed by atoms with Crippen LogP contribution in [0.25, 0.3) is 87.2 Å². The van der Waals surface area contributed by atoms with Gasteiger partial charge in [0.15, 0.2) is 0 Å². The molecule has 0 unspecified atom stereocenters. The predicted molar refractivity (Wildman–Crippen MR) is 190 cm³/mol. The number of rotatable bonds is 3. The van der Waals surface area contributed by atoms with E-state index in [1.807, 2.05) is 0 Å². The van der Waals surface area contributed by atoms with Gasteiger partial charge in [0.05, 0.1) is 0 Å². The lowest BCUT2D eigenvalue weighted by molar-refractivity contribution is 1.60. The Kier molecular flexibility index (Phi) is 5.61. The van der Waals surface area contributed by atoms with Gasteiger partial charge in [-0.1, -0.05) is 152 Å². The Bertz CT molecular complexity index is 2540. The molecule has 0 aromatic heterocycles. The molecule has 44 heavy (non-hydrogen) atoms. The summed E-state index contributed by atoms with van der Waals surface area (Å²) in [5, 5.41) is 12.8. The van der Waals surface area contributed by atoms with E-state index in [4.69, 9.17) is 0 Å². The van der Waals surface area contributed by atoms with Crippen LogP contribution >= 0.6 is 0 Å². The molecule has 9 rings (SSSR count). The minimum atomic E-state index is 1.23. The molecule has 0 aliphatic heterocycles. The summed E-state index contributed by atoms with van der Waals surface area (Å²) in [6.07, 6.45) is 0. The zero-order chi connectivity index (χ0) is 29.0. The number of fused-ring (bicyclic) bond motifs is 8. The fraction of sp³-hybridized carbons (Fsp3) is 0. The largest absolute Gasteiger partial charge is 0.0622 e. The van der Waals surface area contributed by atoms with Gasteiger partial charge >= 0.3 is 0 Å². The van der Waals surface area contributed by atoms with E-state index in [-0.39, 0.29) is 0 Å². The molecule has 9 aromatic rings. The Labute approximate surface area is 256 Å². The smallest absolute Gasteiger partial charge is 0.00923 e. The lowest BCUT2D eigenvalue weighted by Crippen LogP contribution is -1.91. The van der Waals surface area contributed by atoms with Crippen LogP contribution in [0.3, 0.4) is 0 Å². The normalized spacial score (nSPS) is 11.6. The first-order valence-electron chi connectivity index (χ1n) is 15.3. The van der Waals surface area contributed by atoms with Gasteiger partial charge in [-0.3, -0.25) is 0 Å². The van der Waals surface area contributed by atoms with Crippen molar-refractivity contribution < 1.29 is 0 Å². The van der Waals surface area contributed by atoms with Crippen molar-refractivity contribution in [2.45, 2.75) is 0 Å². The number of hydrogen-bond acceptors (Lipinski definition) is 0. The highest BCUT2D eigenvalue weighted by molar-refractivity contribution is 6.26. The van der Waals surface area contributed by atoms with Crippen LogP contribution in [0.4, 0.5) is 0 Å². The molecule has 204 valence electrons. The topological polar surface area (TPSA) is 0 Å². The summed E-state index contributed by atoms with van der Waals surface area (Å²) in [5.74, 6) is 0. The van der Waals surface area contributed by atoms with E-state index in [0.717, 1.165) is 0 Å². The molecular formula is C44H28. The quantitative estimate of drug-likeness (QED) is 0.190. The van der Waals surface area contributed by atoms with E-state index in [0.29, 0.717) is 0 Å². The van der Waals surface area contributed by atoms with Gasteiger partial charge in [-0.05, 0) is 105 Å². The van der Waals surface area contributed by atoms with Crippen LogP contribution in [0.15, 0.2) is 170 Å². The molecule has 0 N–H and O–H groups in total. The third-order valence-electron chi connectivity index (χ3n) is 9.24. The van der Waals surface area contributed by atoms with Crippen LogP contribution in [0, 0.1) is 0 Å². The zero-order valence-electron chi connectivity index (χ0n) is 24.2. The monoisotopic (exact) mass is 556 g/mol. The van der Waals surface area contributed by atoms with E-state index in [9.17, 15) is 0 Å². The van der Waals surface area contributed by atoms with Gasteiger partial charge < -0.3 is 0 Å². The summed E-state index contributed by atoms with van der Waals surface area (Å²) in [6.45, 7) is 0. The molecule has 0 nitrogen and oxygen atoms in total. The lowest BCUT2D eigenvalue weighted by atomic mass is 9.85. The molecule has 0 atom stereocenters. The zero-order valence-corrected chi connectivity index (χ0v) is 24.2. The minimum absolute atomic E-state index is 1.23. The maximum absolute atomic E-state index is 2.45. The summed E-state index contributed by atoms with van der Waals surface area (Å²) < 4.78 is 0. The van der Waals surface area contributed by atoms with Crippen LogP contribution in [-0.4, -0.2) is 0 Å². The van der Waals surface area contributed by atoms with Crippen LogP contribution in [0.5, 0.6) is 0 Å². The van der Waals surface area contributed by atoms with Crippen molar-refractivity contribution in [1.82, 2.24) is 0 Å². The average molecular weight is 557 g/mol. The lowest BCUT2D eigenvalue weighted by Gasteiger charge is -2.19. The molecular weight excluding hydrogens is 528 g/mol. The molecule has 0 amide bonds. The van der Waals surface area contributed by atoms with E-state index in [1.165, 1.54) is 87.2 Å². The van der Waals surface area contributed by atoms with Crippen molar-refractivity contribution >= 4 is 53.9 Å². The van der Waals surface area contributed by atoms with E-state index in [2.05, 4.69) is 170 Å². The van der Waals surface area contributed by atoms with Crippen LogP contribution in [0.1, 0.15) is 0 Å². The fourth-order valence-corrected chi connectivity index (χ4v) is 7.26. The van der Waals surface area contributed by atoms with Gasteiger partial charge in [-0.2, -0.15) is 0 Å². The highest BCUT2D eigenvalue weighted by atomic mass is 14.2.